The second-order valence-corrected chi connectivity index (χ2v) is 6.46. The minimum atomic E-state index is -0.0415. The summed E-state index contributed by atoms with van der Waals surface area (Å²) in [6.45, 7) is 4.82. The molecule has 3 rings (SSSR count). The smallest absolute Gasteiger partial charge is 0.171 e. The number of carbonyl (C=O) groups is 1. The maximum atomic E-state index is 13.0. The Kier molecular flexibility index (Phi) is 4.20. The largest absolute Gasteiger partial charge is 0.490 e. The molecule has 1 aromatic rings. The van der Waals surface area contributed by atoms with E-state index in [4.69, 9.17) is 16.3 Å². The van der Waals surface area contributed by atoms with Crippen LogP contribution in [0.1, 0.15) is 23.7 Å². The molecule has 0 bridgehead atoms. The van der Waals surface area contributed by atoms with Gasteiger partial charge in [0.2, 0.25) is 0 Å². The number of benzene rings is 1. The molecule has 114 valence electrons. The van der Waals surface area contributed by atoms with Gasteiger partial charge in [0.05, 0.1) is 11.7 Å². The molecule has 3 unspecified atom stereocenters. The fourth-order valence-electron chi connectivity index (χ4n) is 3.33. The third-order valence-corrected chi connectivity index (χ3v) is 4.72. The van der Waals surface area contributed by atoms with Crippen LogP contribution in [0.15, 0.2) is 18.2 Å². The molecular weight excluding hydrogens is 288 g/mol. The van der Waals surface area contributed by atoms with E-state index in [1.54, 1.807) is 18.2 Å². The molecular formula is C16H21ClN2O2. The highest BCUT2D eigenvalue weighted by atomic mass is 35.5. The molecule has 2 aliphatic heterocycles. The van der Waals surface area contributed by atoms with E-state index in [9.17, 15) is 4.79 Å². The number of halogens is 1. The number of piperazine rings is 1. The van der Waals surface area contributed by atoms with Crippen LogP contribution >= 0.6 is 11.6 Å². The first-order chi connectivity index (χ1) is 10.1. The van der Waals surface area contributed by atoms with Crippen molar-refractivity contribution >= 4 is 17.4 Å². The molecule has 2 aliphatic rings. The molecule has 0 amide bonds. The van der Waals surface area contributed by atoms with Crippen LogP contribution in [0.5, 0.6) is 5.75 Å². The molecule has 0 spiro atoms. The number of likely N-dealkylation sites (N-methyl/N-ethyl adjacent to an activating group) is 1. The SMILES string of the molecule is CC1CC(C2CNCCN2C)C(=O)c2ccc(Cl)cc2O1. The van der Waals surface area contributed by atoms with Gasteiger partial charge < -0.3 is 15.0 Å². The standard InChI is InChI=1S/C16H21ClN2O2/c1-10-7-13(14-9-18-5-6-19(14)2)16(20)12-4-3-11(17)8-15(12)21-10/h3-4,8,10,13-14,18H,5-7,9H2,1-2H3. The summed E-state index contributed by atoms with van der Waals surface area (Å²) in [6.07, 6.45) is 0.746. The molecule has 0 saturated carbocycles. The number of rotatable bonds is 1. The lowest BCUT2D eigenvalue weighted by Gasteiger charge is -2.37. The van der Waals surface area contributed by atoms with E-state index in [1.807, 2.05) is 6.92 Å². The summed E-state index contributed by atoms with van der Waals surface area (Å²) in [5.74, 6) is 0.751. The number of carbonyl (C=O) groups excluding carboxylic acids is 1. The first-order valence-electron chi connectivity index (χ1n) is 7.47. The van der Waals surface area contributed by atoms with E-state index in [2.05, 4.69) is 17.3 Å². The molecule has 1 saturated heterocycles. The van der Waals surface area contributed by atoms with E-state index in [0.717, 1.165) is 26.1 Å². The van der Waals surface area contributed by atoms with Crippen LogP contribution in [-0.2, 0) is 0 Å². The molecule has 1 fully saturated rings. The quantitative estimate of drug-likeness (QED) is 0.864. The van der Waals surface area contributed by atoms with Crippen LogP contribution in [0.4, 0.5) is 0 Å². The minimum absolute atomic E-state index is 0.00833. The lowest BCUT2D eigenvalue weighted by Crippen LogP contribution is -2.54. The average molecular weight is 309 g/mol. The molecule has 0 aliphatic carbocycles. The van der Waals surface area contributed by atoms with Gasteiger partial charge in [-0.25, -0.2) is 0 Å². The van der Waals surface area contributed by atoms with E-state index < -0.39 is 0 Å². The van der Waals surface area contributed by atoms with Gasteiger partial charge in [-0.3, -0.25) is 4.79 Å². The van der Waals surface area contributed by atoms with Crippen LogP contribution < -0.4 is 10.1 Å². The fraction of sp³-hybridized carbons (Fsp3) is 0.562. The Bertz CT molecular complexity index is 549. The van der Waals surface area contributed by atoms with Gasteiger partial charge in [0, 0.05) is 36.6 Å². The lowest BCUT2D eigenvalue weighted by atomic mass is 9.85. The Hall–Kier alpha value is -1.10. The van der Waals surface area contributed by atoms with Crippen LogP contribution in [0.25, 0.3) is 0 Å². The zero-order valence-electron chi connectivity index (χ0n) is 12.4. The van der Waals surface area contributed by atoms with Gasteiger partial charge in [0.25, 0.3) is 0 Å². The molecule has 1 N–H and O–H groups in total. The summed E-state index contributed by atoms with van der Waals surface area (Å²) in [6, 6.07) is 5.52. The van der Waals surface area contributed by atoms with Crippen molar-refractivity contribution in [3.63, 3.8) is 0 Å². The van der Waals surface area contributed by atoms with Crippen molar-refractivity contribution in [1.29, 1.82) is 0 Å². The zero-order chi connectivity index (χ0) is 15.0. The number of Topliss-reactive ketones (excluding diaryl/α,β-unsaturated/α-hetero) is 1. The van der Waals surface area contributed by atoms with Crippen LogP contribution in [0.2, 0.25) is 5.02 Å². The molecule has 1 aromatic carbocycles. The molecule has 0 radical (unpaired) electrons. The van der Waals surface area contributed by atoms with Crippen molar-refractivity contribution in [3.05, 3.63) is 28.8 Å². The van der Waals surface area contributed by atoms with Crippen molar-refractivity contribution in [1.82, 2.24) is 10.2 Å². The topological polar surface area (TPSA) is 41.6 Å². The number of ether oxygens (including phenoxy) is 1. The van der Waals surface area contributed by atoms with Gasteiger partial charge in [-0.15, -0.1) is 0 Å². The Labute approximate surface area is 130 Å². The highest BCUT2D eigenvalue weighted by Crippen LogP contribution is 2.34. The van der Waals surface area contributed by atoms with E-state index in [0.29, 0.717) is 16.3 Å². The number of ketones is 1. The van der Waals surface area contributed by atoms with Crippen LogP contribution in [0, 0.1) is 5.92 Å². The highest BCUT2D eigenvalue weighted by molar-refractivity contribution is 6.30. The molecule has 5 heteroatoms. The Balaban J connectivity index is 1.95. The normalized spacial score (nSPS) is 30.4. The Morgan fingerprint density at radius 2 is 2.24 bits per heavy atom. The second kappa shape index (κ2) is 5.95. The van der Waals surface area contributed by atoms with Crippen LogP contribution in [-0.4, -0.2) is 49.5 Å². The van der Waals surface area contributed by atoms with Crippen LogP contribution in [0.3, 0.4) is 0 Å². The van der Waals surface area contributed by atoms with Gasteiger partial charge in [0.1, 0.15) is 5.75 Å². The maximum Gasteiger partial charge on any atom is 0.171 e. The summed E-state index contributed by atoms with van der Waals surface area (Å²) in [4.78, 5) is 15.2. The lowest BCUT2D eigenvalue weighted by molar-refractivity contribution is 0.0711. The van der Waals surface area contributed by atoms with Gasteiger partial charge in [0.15, 0.2) is 5.78 Å². The third-order valence-electron chi connectivity index (χ3n) is 4.49. The second-order valence-electron chi connectivity index (χ2n) is 6.03. The van der Waals surface area contributed by atoms with E-state index in [-0.39, 0.29) is 23.8 Å². The number of nitrogens with zero attached hydrogens (tertiary/aromatic N) is 1. The maximum absolute atomic E-state index is 13.0. The summed E-state index contributed by atoms with van der Waals surface area (Å²) in [5.41, 5.74) is 0.660. The molecule has 4 nitrogen and oxygen atoms in total. The van der Waals surface area contributed by atoms with E-state index in [1.165, 1.54) is 0 Å². The summed E-state index contributed by atoms with van der Waals surface area (Å²) < 4.78 is 5.92. The molecule has 3 atom stereocenters. The van der Waals surface area contributed by atoms with Gasteiger partial charge >= 0.3 is 0 Å². The van der Waals surface area contributed by atoms with Crippen molar-refractivity contribution < 1.29 is 9.53 Å². The van der Waals surface area contributed by atoms with Gasteiger partial charge in [-0.2, -0.15) is 0 Å². The third kappa shape index (κ3) is 2.93. The Morgan fingerprint density at radius 3 is 3.00 bits per heavy atom. The number of hydrogen-bond donors (Lipinski definition) is 1. The van der Waals surface area contributed by atoms with Gasteiger partial charge in [-0.05, 0) is 38.6 Å². The summed E-state index contributed by atoms with van der Waals surface area (Å²) in [7, 11) is 2.10. The Morgan fingerprint density at radius 1 is 1.43 bits per heavy atom. The van der Waals surface area contributed by atoms with Gasteiger partial charge in [-0.1, -0.05) is 11.6 Å². The molecule has 21 heavy (non-hydrogen) atoms. The van der Waals surface area contributed by atoms with E-state index >= 15 is 0 Å². The molecule has 2 heterocycles. The molecule has 0 aromatic heterocycles. The highest BCUT2D eigenvalue weighted by Gasteiger charge is 2.37. The van der Waals surface area contributed by atoms with Crippen molar-refractivity contribution in [2.75, 3.05) is 26.7 Å². The first kappa shape index (κ1) is 14.8. The number of hydrogen-bond acceptors (Lipinski definition) is 4. The first-order valence-corrected chi connectivity index (χ1v) is 7.85. The summed E-state index contributed by atoms with van der Waals surface area (Å²) in [5, 5.41) is 4.00. The number of nitrogens with one attached hydrogen (secondary N) is 1. The monoisotopic (exact) mass is 308 g/mol. The van der Waals surface area contributed by atoms with Crippen molar-refractivity contribution in [2.24, 2.45) is 5.92 Å². The predicted octanol–water partition coefficient (Wildman–Crippen LogP) is 2.21. The average Bonchev–Trinajstić information content (AvgIpc) is 2.56. The number of fused-ring (bicyclic) bond motifs is 1. The minimum Gasteiger partial charge on any atom is -0.490 e. The fourth-order valence-corrected chi connectivity index (χ4v) is 3.50. The zero-order valence-corrected chi connectivity index (χ0v) is 13.2. The van der Waals surface area contributed by atoms with Crippen molar-refractivity contribution in [2.45, 2.75) is 25.5 Å². The van der Waals surface area contributed by atoms with Crippen molar-refractivity contribution in [3.8, 4) is 5.75 Å². The summed E-state index contributed by atoms with van der Waals surface area (Å²) >= 11 is 6.02. The predicted molar refractivity (Wildman–Crippen MR) is 83.3 cm³/mol.